The Kier molecular flexibility index (Phi) is 11.0. The predicted octanol–water partition coefficient (Wildman–Crippen LogP) is 5.30. The lowest BCUT2D eigenvalue weighted by molar-refractivity contribution is -0.137. The summed E-state index contributed by atoms with van der Waals surface area (Å²) in [6.07, 6.45) is -3.27. The SMILES string of the molecule is CC.CC.COc1ncc(C)cc1NS(=O)c1cc(C(=O)O)cc(C(F)(F)F)c1. The van der Waals surface area contributed by atoms with E-state index in [4.69, 9.17) is 9.84 Å². The van der Waals surface area contributed by atoms with Gasteiger partial charge in [0, 0.05) is 6.20 Å². The average Bonchev–Trinajstić information content (AvgIpc) is 2.70. The molecule has 1 atom stereocenters. The third kappa shape index (κ3) is 7.72. The topological polar surface area (TPSA) is 88.5 Å². The molecule has 10 heteroatoms. The molecule has 0 radical (unpaired) electrons. The number of halogens is 3. The molecule has 6 nitrogen and oxygen atoms in total. The molecule has 0 aliphatic rings. The van der Waals surface area contributed by atoms with Crippen molar-refractivity contribution >= 4 is 22.6 Å². The van der Waals surface area contributed by atoms with Crippen LogP contribution in [0.25, 0.3) is 0 Å². The van der Waals surface area contributed by atoms with Gasteiger partial charge in [0.25, 0.3) is 0 Å². The van der Waals surface area contributed by atoms with Crippen LogP contribution in [0.2, 0.25) is 0 Å². The molecule has 0 fully saturated rings. The number of alkyl halides is 3. The zero-order valence-corrected chi connectivity index (χ0v) is 17.9. The number of benzene rings is 1. The molecule has 2 rings (SSSR count). The number of carbonyl (C=O) groups is 1. The van der Waals surface area contributed by atoms with Crippen molar-refractivity contribution in [3.05, 3.63) is 47.2 Å². The summed E-state index contributed by atoms with van der Waals surface area (Å²) in [6.45, 7) is 9.72. The average molecular weight is 434 g/mol. The Morgan fingerprint density at radius 1 is 1.14 bits per heavy atom. The summed E-state index contributed by atoms with van der Waals surface area (Å²) in [7, 11) is -0.828. The van der Waals surface area contributed by atoms with Crippen molar-refractivity contribution < 1.29 is 32.0 Å². The molecule has 162 valence electrons. The lowest BCUT2D eigenvalue weighted by Gasteiger charge is -2.13. The molecule has 0 aliphatic carbocycles. The van der Waals surface area contributed by atoms with Gasteiger partial charge in [-0.15, -0.1) is 0 Å². The number of aromatic nitrogens is 1. The second-order valence-corrected chi connectivity index (χ2v) is 6.20. The first-order chi connectivity index (χ1) is 13.6. The van der Waals surface area contributed by atoms with Crippen molar-refractivity contribution in [3.8, 4) is 5.88 Å². The standard InChI is InChI=1S/C15H13F3N2O4S.2C2H6/c1-8-3-12(13(24-2)19-7-8)20-25(23)11-5-9(14(21)22)4-10(6-11)15(16,17)18;2*1-2/h3-7,20H,1-2H3,(H,21,22);2*1-2H3. The molecule has 2 aromatic rings. The Morgan fingerprint density at radius 3 is 2.21 bits per heavy atom. The summed E-state index contributed by atoms with van der Waals surface area (Å²) in [5, 5.41) is 8.97. The molecule has 1 heterocycles. The van der Waals surface area contributed by atoms with Crippen molar-refractivity contribution in [1.29, 1.82) is 0 Å². The van der Waals surface area contributed by atoms with Gasteiger partial charge in [-0.1, -0.05) is 27.7 Å². The molecule has 0 amide bonds. The van der Waals surface area contributed by atoms with Crippen LogP contribution in [0.1, 0.15) is 49.2 Å². The number of carboxylic acid groups (broad SMARTS) is 1. The molecule has 1 aromatic carbocycles. The Labute approximate surface area is 170 Å². The fourth-order valence-electron chi connectivity index (χ4n) is 1.94. The quantitative estimate of drug-likeness (QED) is 0.666. The van der Waals surface area contributed by atoms with Crippen LogP contribution in [-0.2, 0) is 17.2 Å². The highest BCUT2D eigenvalue weighted by Gasteiger charge is 2.32. The maximum absolute atomic E-state index is 12.9. The van der Waals surface area contributed by atoms with Gasteiger partial charge in [0.1, 0.15) is 16.7 Å². The first-order valence-corrected chi connectivity index (χ1v) is 9.91. The van der Waals surface area contributed by atoms with E-state index in [1.54, 1.807) is 13.0 Å². The summed E-state index contributed by atoms with van der Waals surface area (Å²) in [6, 6.07) is 3.58. The molecule has 0 bridgehead atoms. The minimum atomic E-state index is -4.77. The summed E-state index contributed by atoms with van der Waals surface area (Å²) >= 11 is 0. The van der Waals surface area contributed by atoms with Crippen LogP contribution in [0, 0.1) is 6.92 Å². The van der Waals surface area contributed by atoms with Crippen molar-refractivity contribution in [2.45, 2.75) is 45.7 Å². The summed E-state index contributed by atoms with van der Waals surface area (Å²) < 4.78 is 58.7. The van der Waals surface area contributed by atoms with Gasteiger partial charge in [-0.3, -0.25) is 4.72 Å². The van der Waals surface area contributed by atoms with E-state index in [1.807, 2.05) is 27.7 Å². The van der Waals surface area contributed by atoms with Crippen LogP contribution < -0.4 is 9.46 Å². The van der Waals surface area contributed by atoms with E-state index in [0.29, 0.717) is 17.7 Å². The number of nitrogens with zero attached hydrogens (tertiary/aromatic N) is 1. The highest BCUT2D eigenvalue weighted by molar-refractivity contribution is 7.86. The van der Waals surface area contributed by atoms with Gasteiger partial charge in [0.15, 0.2) is 0 Å². The van der Waals surface area contributed by atoms with E-state index in [0.717, 1.165) is 6.07 Å². The smallest absolute Gasteiger partial charge is 0.416 e. The van der Waals surface area contributed by atoms with Gasteiger partial charge in [-0.25, -0.2) is 14.0 Å². The molecule has 2 N–H and O–H groups in total. The number of ether oxygens (including phenoxy) is 1. The number of anilines is 1. The van der Waals surface area contributed by atoms with E-state index < -0.39 is 34.3 Å². The fraction of sp³-hybridized carbons (Fsp3) is 0.368. The third-order valence-corrected chi connectivity index (χ3v) is 4.15. The van der Waals surface area contributed by atoms with E-state index in [9.17, 15) is 22.2 Å². The van der Waals surface area contributed by atoms with Crippen LogP contribution in [0.15, 0.2) is 35.4 Å². The molecule has 0 saturated carbocycles. The van der Waals surface area contributed by atoms with Crippen LogP contribution in [0.5, 0.6) is 5.88 Å². The normalized spacial score (nSPS) is 11.2. The second kappa shape index (κ2) is 12.1. The highest BCUT2D eigenvalue weighted by atomic mass is 32.2. The molecule has 29 heavy (non-hydrogen) atoms. The van der Waals surface area contributed by atoms with E-state index in [1.165, 1.54) is 13.3 Å². The summed E-state index contributed by atoms with van der Waals surface area (Å²) in [4.78, 5) is 14.7. The molecule has 1 unspecified atom stereocenters. The van der Waals surface area contributed by atoms with Crippen molar-refractivity contribution in [2.24, 2.45) is 0 Å². The number of hydrogen-bond donors (Lipinski definition) is 2. The second-order valence-electron chi connectivity index (χ2n) is 4.99. The van der Waals surface area contributed by atoms with Gasteiger partial charge in [-0.2, -0.15) is 13.2 Å². The molecule has 1 aromatic heterocycles. The largest absolute Gasteiger partial charge is 0.480 e. The van der Waals surface area contributed by atoms with Gasteiger partial charge in [-0.05, 0) is 36.8 Å². The maximum Gasteiger partial charge on any atom is 0.416 e. The Morgan fingerprint density at radius 2 is 1.72 bits per heavy atom. The Bertz CT molecular complexity index is 843. The number of pyridine rings is 1. The van der Waals surface area contributed by atoms with Gasteiger partial charge in [0.2, 0.25) is 5.88 Å². The van der Waals surface area contributed by atoms with Crippen molar-refractivity contribution in [2.75, 3.05) is 11.8 Å². The van der Waals surface area contributed by atoms with E-state index >= 15 is 0 Å². The Hall–Kier alpha value is -2.62. The van der Waals surface area contributed by atoms with Gasteiger partial charge >= 0.3 is 12.1 Å². The van der Waals surface area contributed by atoms with E-state index in [-0.39, 0.29) is 16.5 Å². The van der Waals surface area contributed by atoms with Crippen LogP contribution in [0.3, 0.4) is 0 Å². The lowest BCUT2D eigenvalue weighted by Crippen LogP contribution is -2.12. The van der Waals surface area contributed by atoms with Crippen molar-refractivity contribution in [3.63, 3.8) is 0 Å². The summed E-state index contributed by atoms with van der Waals surface area (Å²) in [5.74, 6) is -1.46. The minimum Gasteiger partial charge on any atom is -0.480 e. The highest BCUT2D eigenvalue weighted by Crippen LogP contribution is 2.32. The number of hydrogen-bond acceptors (Lipinski definition) is 4. The van der Waals surface area contributed by atoms with Gasteiger partial charge in [0.05, 0.1) is 23.1 Å². The monoisotopic (exact) mass is 434 g/mol. The van der Waals surface area contributed by atoms with Crippen LogP contribution in [0.4, 0.5) is 18.9 Å². The molecular weight excluding hydrogens is 409 g/mol. The van der Waals surface area contributed by atoms with Crippen LogP contribution in [-0.4, -0.2) is 27.4 Å². The fourth-order valence-corrected chi connectivity index (χ4v) is 2.88. The number of methoxy groups -OCH3 is 1. The molecular formula is C19H25F3N2O4S. The number of rotatable bonds is 5. The number of carboxylic acids is 1. The van der Waals surface area contributed by atoms with Crippen LogP contribution >= 0.6 is 0 Å². The van der Waals surface area contributed by atoms with Crippen molar-refractivity contribution in [1.82, 2.24) is 4.98 Å². The Balaban J connectivity index is 0.00000184. The third-order valence-electron chi connectivity index (χ3n) is 3.08. The summed E-state index contributed by atoms with van der Waals surface area (Å²) in [5.41, 5.74) is -0.910. The molecule has 0 saturated heterocycles. The minimum absolute atomic E-state index is 0.101. The zero-order valence-electron chi connectivity index (χ0n) is 17.0. The number of aryl methyl sites for hydroxylation is 1. The predicted molar refractivity (Wildman–Crippen MR) is 107 cm³/mol. The maximum atomic E-state index is 12.9. The lowest BCUT2D eigenvalue weighted by atomic mass is 10.1. The number of aromatic carboxylic acids is 1. The zero-order chi connectivity index (χ0) is 22.8. The number of nitrogens with one attached hydrogen (secondary N) is 1. The van der Waals surface area contributed by atoms with Gasteiger partial charge < -0.3 is 9.84 Å². The first kappa shape index (κ1) is 26.4. The van der Waals surface area contributed by atoms with E-state index in [2.05, 4.69) is 9.71 Å². The molecule has 0 aliphatic heterocycles. The molecule has 0 spiro atoms. The first-order valence-electron chi connectivity index (χ1n) is 8.76.